The van der Waals surface area contributed by atoms with Gasteiger partial charge in [0, 0.05) is 17.2 Å². The molecular weight excluding hydrogens is 356 g/mol. The van der Waals surface area contributed by atoms with E-state index in [1.807, 2.05) is 0 Å². The number of esters is 1. The zero-order valence-electron chi connectivity index (χ0n) is 14.2. The van der Waals surface area contributed by atoms with Crippen LogP contribution in [0.5, 0.6) is 5.75 Å². The van der Waals surface area contributed by atoms with Crippen molar-refractivity contribution in [3.05, 3.63) is 64.7 Å². The maximum atomic E-state index is 12.1. The monoisotopic (exact) mass is 374 g/mol. The van der Waals surface area contributed by atoms with Crippen molar-refractivity contribution in [3.63, 3.8) is 0 Å². The van der Waals surface area contributed by atoms with Crippen molar-refractivity contribution in [2.75, 3.05) is 19.8 Å². The minimum Gasteiger partial charge on any atom is -0.491 e. The molecule has 0 aliphatic carbocycles. The summed E-state index contributed by atoms with van der Waals surface area (Å²) < 4.78 is 16.2. The lowest BCUT2D eigenvalue weighted by Crippen LogP contribution is -2.16. The molecule has 0 N–H and O–H groups in total. The number of halogens is 1. The van der Waals surface area contributed by atoms with E-state index in [2.05, 4.69) is 0 Å². The van der Waals surface area contributed by atoms with Gasteiger partial charge >= 0.3 is 5.97 Å². The highest BCUT2D eigenvalue weighted by Crippen LogP contribution is 2.17. The van der Waals surface area contributed by atoms with Gasteiger partial charge in [-0.2, -0.15) is 0 Å². The third-order valence-corrected chi connectivity index (χ3v) is 4.27. The Kier molecular flexibility index (Phi) is 6.26. The SMILES string of the molecule is O=C(COC(=O)c1ccc(OCC2CCCO2)cc1)c1cccc(Cl)c1. The highest BCUT2D eigenvalue weighted by atomic mass is 35.5. The Labute approximate surface area is 156 Å². The molecule has 2 aromatic rings. The maximum Gasteiger partial charge on any atom is 0.338 e. The van der Waals surface area contributed by atoms with E-state index in [4.69, 9.17) is 25.8 Å². The molecule has 0 radical (unpaired) electrons. The fourth-order valence-corrected chi connectivity index (χ4v) is 2.80. The molecule has 1 aliphatic rings. The molecule has 1 saturated heterocycles. The lowest BCUT2D eigenvalue weighted by atomic mass is 10.1. The Balaban J connectivity index is 1.49. The average Bonchev–Trinajstić information content (AvgIpc) is 3.18. The van der Waals surface area contributed by atoms with Gasteiger partial charge in [-0.1, -0.05) is 23.7 Å². The number of ether oxygens (including phenoxy) is 3. The van der Waals surface area contributed by atoms with Gasteiger partial charge in [0.15, 0.2) is 12.4 Å². The van der Waals surface area contributed by atoms with Crippen LogP contribution in [0.2, 0.25) is 5.02 Å². The van der Waals surface area contributed by atoms with Gasteiger partial charge < -0.3 is 14.2 Å². The molecule has 6 heteroatoms. The van der Waals surface area contributed by atoms with Crippen molar-refractivity contribution in [1.29, 1.82) is 0 Å². The summed E-state index contributed by atoms with van der Waals surface area (Å²) in [6, 6.07) is 13.1. The van der Waals surface area contributed by atoms with Crippen molar-refractivity contribution < 1.29 is 23.8 Å². The highest BCUT2D eigenvalue weighted by molar-refractivity contribution is 6.31. The van der Waals surface area contributed by atoms with Crippen LogP contribution in [-0.2, 0) is 9.47 Å². The van der Waals surface area contributed by atoms with Gasteiger partial charge in [0.25, 0.3) is 0 Å². The van der Waals surface area contributed by atoms with Gasteiger partial charge in [0.1, 0.15) is 12.4 Å². The molecule has 1 unspecified atom stereocenters. The second-order valence-corrected chi connectivity index (χ2v) is 6.42. The molecule has 1 heterocycles. The normalized spacial score (nSPS) is 16.3. The van der Waals surface area contributed by atoms with E-state index in [0.717, 1.165) is 19.4 Å². The molecule has 1 fully saturated rings. The second-order valence-electron chi connectivity index (χ2n) is 5.98. The first kappa shape index (κ1) is 18.4. The van der Waals surface area contributed by atoms with E-state index in [9.17, 15) is 9.59 Å². The fourth-order valence-electron chi connectivity index (χ4n) is 2.61. The molecular formula is C20H19ClO5. The van der Waals surface area contributed by atoms with E-state index in [0.29, 0.717) is 28.5 Å². The molecule has 3 rings (SSSR count). The standard InChI is InChI=1S/C20H19ClO5/c21-16-4-1-3-15(11-16)19(22)13-26-20(23)14-6-8-17(9-7-14)25-12-18-5-2-10-24-18/h1,3-4,6-9,11,18H,2,5,10,12-13H2. The number of Topliss-reactive ketones (excluding diaryl/α,β-unsaturated/α-hetero) is 1. The van der Waals surface area contributed by atoms with Gasteiger partial charge in [-0.25, -0.2) is 4.79 Å². The van der Waals surface area contributed by atoms with Crippen molar-refractivity contribution in [2.45, 2.75) is 18.9 Å². The van der Waals surface area contributed by atoms with Crippen LogP contribution < -0.4 is 4.74 Å². The predicted molar refractivity (Wildman–Crippen MR) is 97.0 cm³/mol. The lowest BCUT2D eigenvalue weighted by molar-refractivity contribution is 0.0474. The summed E-state index contributed by atoms with van der Waals surface area (Å²) in [4.78, 5) is 24.1. The van der Waals surface area contributed by atoms with Crippen LogP contribution in [0.25, 0.3) is 0 Å². The number of carbonyl (C=O) groups excluding carboxylic acids is 2. The summed E-state index contributed by atoms with van der Waals surface area (Å²) in [5.74, 6) is -0.213. The van der Waals surface area contributed by atoms with E-state index in [1.165, 1.54) is 6.07 Å². The molecule has 0 amide bonds. The van der Waals surface area contributed by atoms with Crippen molar-refractivity contribution in [2.24, 2.45) is 0 Å². The summed E-state index contributed by atoms with van der Waals surface area (Å²) in [5, 5.41) is 0.459. The van der Waals surface area contributed by atoms with E-state index in [-0.39, 0.29) is 18.5 Å². The van der Waals surface area contributed by atoms with Gasteiger partial charge in [-0.3, -0.25) is 4.79 Å². The number of carbonyl (C=O) groups is 2. The van der Waals surface area contributed by atoms with Crippen LogP contribution in [0.15, 0.2) is 48.5 Å². The summed E-state index contributed by atoms with van der Waals surface area (Å²) in [7, 11) is 0. The number of hydrogen-bond donors (Lipinski definition) is 0. The van der Waals surface area contributed by atoms with Crippen LogP contribution in [0, 0.1) is 0 Å². The van der Waals surface area contributed by atoms with Crippen molar-refractivity contribution in [3.8, 4) is 5.75 Å². The van der Waals surface area contributed by atoms with Crippen LogP contribution in [0.4, 0.5) is 0 Å². The zero-order chi connectivity index (χ0) is 18.4. The first-order valence-electron chi connectivity index (χ1n) is 8.42. The van der Waals surface area contributed by atoms with Gasteiger partial charge in [-0.15, -0.1) is 0 Å². The van der Waals surface area contributed by atoms with Gasteiger partial charge in [0.2, 0.25) is 0 Å². The molecule has 26 heavy (non-hydrogen) atoms. The summed E-state index contributed by atoms with van der Waals surface area (Å²) in [6.07, 6.45) is 2.20. The predicted octanol–water partition coefficient (Wildman–Crippen LogP) is 3.94. The Bertz CT molecular complexity index is 766. The topological polar surface area (TPSA) is 61.8 Å². The number of rotatable bonds is 7. The quantitative estimate of drug-likeness (QED) is 0.542. The molecule has 1 atom stereocenters. The molecule has 0 saturated carbocycles. The minimum atomic E-state index is -0.564. The molecule has 0 aromatic heterocycles. The van der Waals surface area contributed by atoms with Crippen LogP contribution >= 0.6 is 11.6 Å². The Morgan fingerprint density at radius 2 is 1.92 bits per heavy atom. The fraction of sp³-hybridized carbons (Fsp3) is 0.300. The zero-order valence-corrected chi connectivity index (χ0v) is 14.9. The summed E-state index contributed by atoms with van der Waals surface area (Å²) in [5.41, 5.74) is 0.761. The van der Waals surface area contributed by atoms with Crippen molar-refractivity contribution >= 4 is 23.4 Å². The summed E-state index contributed by atoms with van der Waals surface area (Å²) >= 11 is 5.85. The van der Waals surface area contributed by atoms with Gasteiger partial charge in [-0.05, 0) is 49.2 Å². The van der Waals surface area contributed by atoms with Crippen LogP contribution in [0.1, 0.15) is 33.6 Å². The molecule has 0 bridgehead atoms. The second kappa shape index (κ2) is 8.83. The molecule has 2 aromatic carbocycles. The average molecular weight is 375 g/mol. The molecule has 0 spiro atoms. The van der Waals surface area contributed by atoms with Gasteiger partial charge in [0.05, 0.1) is 11.7 Å². The lowest BCUT2D eigenvalue weighted by Gasteiger charge is -2.11. The number of ketones is 1. The smallest absolute Gasteiger partial charge is 0.338 e. The van der Waals surface area contributed by atoms with Crippen LogP contribution in [0.3, 0.4) is 0 Å². The largest absolute Gasteiger partial charge is 0.491 e. The van der Waals surface area contributed by atoms with E-state index in [1.54, 1.807) is 42.5 Å². The first-order chi connectivity index (χ1) is 12.6. The highest BCUT2D eigenvalue weighted by Gasteiger charge is 2.16. The third-order valence-electron chi connectivity index (χ3n) is 4.03. The molecule has 136 valence electrons. The van der Waals surface area contributed by atoms with Crippen LogP contribution in [-0.4, -0.2) is 37.7 Å². The Hall–Kier alpha value is -2.37. The van der Waals surface area contributed by atoms with Crippen molar-refractivity contribution in [1.82, 2.24) is 0 Å². The maximum absolute atomic E-state index is 12.1. The van der Waals surface area contributed by atoms with E-state index >= 15 is 0 Å². The minimum absolute atomic E-state index is 0.136. The molecule has 1 aliphatic heterocycles. The Morgan fingerprint density at radius 1 is 1.12 bits per heavy atom. The number of benzene rings is 2. The molecule has 5 nitrogen and oxygen atoms in total. The summed E-state index contributed by atoms with van der Waals surface area (Å²) in [6.45, 7) is 0.946. The van der Waals surface area contributed by atoms with E-state index < -0.39 is 5.97 Å². The number of hydrogen-bond acceptors (Lipinski definition) is 5. The first-order valence-corrected chi connectivity index (χ1v) is 8.80. The Morgan fingerprint density at radius 3 is 2.62 bits per heavy atom. The third kappa shape index (κ3) is 5.07.